The number of anilines is 1. The Balaban J connectivity index is 1.46. The van der Waals surface area contributed by atoms with Gasteiger partial charge < -0.3 is 14.5 Å². The number of methoxy groups -OCH3 is 1. The van der Waals surface area contributed by atoms with Gasteiger partial charge in [-0.2, -0.15) is 0 Å². The van der Waals surface area contributed by atoms with E-state index in [-0.39, 0.29) is 23.8 Å². The van der Waals surface area contributed by atoms with E-state index in [9.17, 15) is 9.59 Å². The van der Waals surface area contributed by atoms with E-state index in [1.54, 1.807) is 7.11 Å². The minimum Gasteiger partial charge on any atom is -0.497 e. The smallest absolute Gasteiger partial charge is 0.230 e. The molecule has 1 aliphatic heterocycles. The first-order valence-corrected chi connectivity index (χ1v) is 10.3. The number of piperidine rings is 1. The molecule has 2 amide bonds. The monoisotopic (exact) mass is 370 g/mol. The van der Waals surface area contributed by atoms with E-state index < -0.39 is 0 Å². The van der Waals surface area contributed by atoms with Gasteiger partial charge in [0.05, 0.1) is 7.11 Å². The van der Waals surface area contributed by atoms with Gasteiger partial charge in [0.2, 0.25) is 11.8 Å². The van der Waals surface area contributed by atoms with Crippen LogP contribution in [0.3, 0.4) is 0 Å². The fraction of sp³-hybridized carbons (Fsp3) is 0.636. The van der Waals surface area contributed by atoms with E-state index >= 15 is 0 Å². The quantitative estimate of drug-likeness (QED) is 0.770. The predicted octanol–water partition coefficient (Wildman–Crippen LogP) is 3.48. The lowest BCUT2D eigenvalue weighted by Gasteiger charge is -2.37. The molecule has 1 saturated heterocycles. The number of hydrogen-bond acceptors (Lipinski definition) is 3. The summed E-state index contributed by atoms with van der Waals surface area (Å²) in [5.74, 6) is 2.21. The Hall–Kier alpha value is -2.04. The number of ether oxygens (including phenoxy) is 1. The van der Waals surface area contributed by atoms with Gasteiger partial charge in [0.1, 0.15) is 5.75 Å². The highest BCUT2D eigenvalue weighted by atomic mass is 16.5. The lowest BCUT2D eigenvalue weighted by molar-refractivity contribution is -0.136. The third-order valence-corrected chi connectivity index (χ3v) is 6.38. The molecule has 0 unspecified atom stereocenters. The summed E-state index contributed by atoms with van der Waals surface area (Å²) < 4.78 is 5.26. The molecular formula is C22H30N2O3. The molecule has 1 heterocycles. The molecule has 1 atom stereocenters. The standard InChI is InChI=1S/C22H30N2O3/c1-15(16-3-4-16)24(19-7-9-20(27-2)10-8-19)22(26)18-11-13-23(14-12-18)21(25)17-5-6-17/h7-10,15-18H,3-6,11-14H2,1-2H3/t15-/m1/s1. The second-order valence-corrected chi connectivity index (χ2v) is 8.36. The van der Waals surface area contributed by atoms with E-state index in [1.165, 1.54) is 12.8 Å². The average molecular weight is 370 g/mol. The molecule has 27 heavy (non-hydrogen) atoms. The summed E-state index contributed by atoms with van der Waals surface area (Å²) in [5.41, 5.74) is 0.955. The van der Waals surface area contributed by atoms with Crippen LogP contribution in [0, 0.1) is 17.8 Å². The first kappa shape index (κ1) is 18.3. The highest BCUT2D eigenvalue weighted by Gasteiger charge is 2.40. The van der Waals surface area contributed by atoms with Gasteiger partial charge in [-0.3, -0.25) is 9.59 Å². The van der Waals surface area contributed by atoms with Crippen LogP contribution in [0.15, 0.2) is 24.3 Å². The number of nitrogens with zero attached hydrogens (tertiary/aromatic N) is 2. The van der Waals surface area contributed by atoms with Crippen molar-refractivity contribution in [1.29, 1.82) is 0 Å². The van der Waals surface area contributed by atoms with E-state index in [0.717, 1.165) is 50.2 Å². The number of carbonyl (C=O) groups excluding carboxylic acids is 2. The zero-order valence-electron chi connectivity index (χ0n) is 16.4. The van der Waals surface area contributed by atoms with Crippen LogP contribution in [0.5, 0.6) is 5.75 Å². The predicted molar refractivity (Wildman–Crippen MR) is 105 cm³/mol. The molecule has 5 nitrogen and oxygen atoms in total. The van der Waals surface area contributed by atoms with Crippen LogP contribution in [0.25, 0.3) is 0 Å². The maximum atomic E-state index is 13.4. The van der Waals surface area contributed by atoms with Crippen molar-refractivity contribution in [2.75, 3.05) is 25.1 Å². The zero-order valence-corrected chi connectivity index (χ0v) is 16.4. The van der Waals surface area contributed by atoms with Crippen molar-refractivity contribution < 1.29 is 14.3 Å². The molecule has 0 aromatic heterocycles. The van der Waals surface area contributed by atoms with Crippen LogP contribution in [-0.4, -0.2) is 43.0 Å². The minimum atomic E-state index is 0.0107. The fourth-order valence-corrected chi connectivity index (χ4v) is 4.23. The summed E-state index contributed by atoms with van der Waals surface area (Å²) in [6.45, 7) is 3.62. The van der Waals surface area contributed by atoms with Gasteiger partial charge in [-0.1, -0.05) is 0 Å². The van der Waals surface area contributed by atoms with Gasteiger partial charge in [0, 0.05) is 36.7 Å². The van der Waals surface area contributed by atoms with Crippen LogP contribution in [0.2, 0.25) is 0 Å². The van der Waals surface area contributed by atoms with Crippen LogP contribution >= 0.6 is 0 Å². The number of likely N-dealkylation sites (tertiary alicyclic amines) is 1. The van der Waals surface area contributed by atoms with E-state index in [4.69, 9.17) is 4.74 Å². The molecular weight excluding hydrogens is 340 g/mol. The van der Waals surface area contributed by atoms with E-state index in [0.29, 0.717) is 11.8 Å². The first-order valence-electron chi connectivity index (χ1n) is 10.3. The van der Waals surface area contributed by atoms with E-state index in [1.807, 2.05) is 34.1 Å². The molecule has 0 bridgehead atoms. The Morgan fingerprint density at radius 1 is 1.00 bits per heavy atom. The molecule has 1 aromatic rings. The Labute approximate surface area is 161 Å². The van der Waals surface area contributed by atoms with Crippen molar-refractivity contribution in [2.45, 2.75) is 51.5 Å². The van der Waals surface area contributed by atoms with Gasteiger partial charge in [0.15, 0.2) is 0 Å². The molecule has 1 aromatic carbocycles. The maximum Gasteiger partial charge on any atom is 0.230 e. The topological polar surface area (TPSA) is 49.9 Å². The van der Waals surface area contributed by atoms with Crippen LogP contribution in [0.4, 0.5) is 5.69 Å². The normalized spacial score (nSPS) is 21.6. The average Bonchev–Trinajstić information content (AvgIpc) is 3.60. The SMILES string of the molecule is COc1ccc(N(C(=O)C2CCN(C(=O)C3CC3)CC2)[C@H](C)C2CC2)cc1. The molecule has 4 rings (SSSR count). The maximum absolute atomic E-state index is 13.4. The molecule has 3 aliphatic rings. The highest BCUT2D eigenvalue weighted by molar-refractivity contribution is 5.96. The van der Waals surface area contributed by atoms with Crippen molar-refractivity contribution in [2.24, 2.45) is 17.8 Å². The third kappa shape index (κ3) is 3.97. The molecule has 0 radical (unpaired) electrons. The number of rotatable bonds is 6. The largest absolute Gasteiger partial charge is 0.497 e. The van der Waals surface area contributed by atoms with Gasteiger partial charge in [-0.05, 0) is 75.6 Å². The third-order valence-electron chi connectivity index (χ3n) is 6.38. The van der Waals surface area contributed by atoms with Crippen LogP contribution in [0.1, 0.15) is 45.4 Å². The number of carbonyl (C=O) groups is 2. The molecule has 0 spiro atoms. The van der Waals surface area contributed by atoms with Crippen LogP contribution < -0.4 is 9.64 Å². The van der Waals surface area contributed by atoms with Crippen molar-refractivity contribution in [1.82, 2.24) is 4.90 Å². The number of hydrogen-bond donors (Lipinski definition) is 0. The summed E-state index contributed by atoms with van der Waals surface area (Å²) >= 11 is 0. The summed E-state index contributed by atoms with van der Waals surface area (Å²) in [6, 6.07) is 8.04. The first-order chi connectivity index (χ1) is 13.1. The molecule has 0 N–H and O–H groups in total. The summed E-state index contributed by atoms with van der Waals surface area (Å²) in [6.07, 6.45) is 6.05. The van der Waals surface area contributed by atoms with Gasteiger partial charge in [-0.15, -0.1) is 0 Å². The molecule has 2 saturated carbocycles. The Bertz CT molecular complexity index is 686. The summed E-state index contributed by atoms with van der Waals surface area (Å²) in [5, 5.41) is 0. The van der Waals surface area contributed by atoms with E-state index in [2.05, 4.69) is 6.92 Å². The molecule has 3 fully saturated rings. The Morgan fingerprint density at radius 2 is 1.63 bits per heavy atom. The Kier molecular flexibility index (Phi) is 5.11. The lowest BCUT2D eigenvalue weighted by Crippen LogP contribution is -2.48. The van der Waals surface area contributed by atoms with Crippen molar-refractivity contribution in [3.8, 4) is 5.75 Å². The molecule has 146 valence electrons. The second kappa shape index (κ2) is 7.53. The van der Waals surface area contributed by atoms with Gasteiger partial charge in [-0.25, -0.2) is 0 Å². The van der Waals surface area contributed by atoms with Crippen LogP contribution in [-0.2, 0) is 9.59 Å². The summed E-state index contributed by atoms with van der Waals surface area (Å²) in [7, 11) is 1.65. The van der Waals surface area contributed by atoms with Gasteiger partial charge in [0.25, 0.3) is 0 Å². The van der Waals surface area contributed by atoms with Crippen molar-refractivity contribution in [3.63, 3.8) is 0 Å². The zero-order chi connectivity index (χ0) is 19.0. The number of amides is 2. The van der Waals surface area contributed by atoms with Crippen molar-refractivity contribution in [3.05, 3.63) is 24.3 Å². The van der Waals surface area contributed by atoms with Gasteiger partial charge >= 0.3 is 0 Å². The Morgan fingerprint density at radius 3 is 2.15 bits per heavy atom. The lowest BCUT2D eigenvalue weighted by atomic mass is 9.93. The second-order valence-electron chi connectivity index (χ2n) is 8.36. The molecule has 5 heteroatoms. The number of benzene rings is 1. The fourth-order valence-electron chi connectivity index (χ4n) is 4.23. The highest BCUT2D eigenvalue weighted by Crippen LogP contribution is 2.39. The molecule has 2 aliphatic carbocycles. The summed E-state index contributed by atoms with van der Waals surface area (Å²) in [4.78, 5) is 29.7. The van der Waals surface area contributed by atoms with Crippen molar-refractivity contribution >= 4 is 17.5 Å². The minimum absolute atomic E-state index is 0.0107.